The molecule has 0 fully saturated rings. The Hall–Kier alpha value is -3.14. The molecule has 0 bridgehead atoms. The Morgan fingerprint density at radius 1 is 1.04 bits per heavy atom. The molecule has 0 atom stereocenters. The zero-order valence-electron chi connectivity index (χ0n) is 15.3. The van der Waals surface area contributed by atoms with Gasteiger partial charge in [0.15, 0.2) is 0 Å². The summed E-state index contributed by atoms with van der Waals surface area (Å²) < 4.78 is 2.16. The van der Waals surface area contributed by atoms with Gasteiger partial charge in [0, 0.05) is 18.7 Å². The van der Waals surface area contributed by atoms with E-state index in [0.717, 1.165) is 40.6 Å². The highest BCUT2D eigenvalue weighted by Gasteiger charge is 2.18. The van der Waals surface area contributed by atoms with E-state index in [4.69, 9.17) is 0 Å². The van der Waals surface area contributed by atoms with Crippen LogP contribution in [0.25, 0.3) is 21.8 Å². The molecule has 0 saturated heterocycles. The van der Waals surface area contributed by atoms with Crippen LogP contribution in [0.1, 0.15) is 27.3 Å². The van der Waals surface area contributed by atoms with Gasteiger partial charge in [0.2, 0.25) is 0 Å². The van der Waals surface area contributed by atoms with Crippen molar-refractivity contribution in [2.75, 3.05) is 6.54 Å². The number of aromatic nitrogens is 2. The highest BCUT2D eigenvalue weighted by Crippen LogP contribution is 2.32. The summed E-state index contributed by atoms with van der Waals surface area (Å²) in [7, 11) is 0. The second kappa shape index (κ2) is 6.23. The Morgan fingerprint density at radius 2 is 1.85 bits per heavy atom. The van der Waals surface area contributed by atoms with Gasteiger partial charge >= 0.3 is 0 Å². The van der Waals surface area contributed by atoms with Gasteiger partial charge in [-0.2, -0.15) is 0 Å². The van der Waals surface area contributed by atoms with Gasteiger partial charge in [-0.3, -0.25) is 4.79 Å². The predicted molar refractivity (Wildman–Crippen MR) is 108 cm³/mol. The van der Waals surface area contributed by atoms with Crippen LogP contribution in [0.3, 0.4) is 0 Å². The molecule has 0 unspecified atom stereocenters. The molecule has 4 nitrogen and oxygen atoms in total. The number of hydrogen-bond acceptors (Lipinski definition) is 2. The molecule has 27 heavy (non-hydrogen) atoms. The normalized spacial score (nSPS) is 12.8. The van der Waals surface area contributed by atoms with Crippen molar-refractivity contribution in [3.05, 3.63) is 77.1 Å². The molecular weight excluding hydrogens is 334 g/mol. The number of nitrogens with one attached hydrogen (secondary N) is 1. The first-order chi connectivity index (χ1) is 13.2. The zero-order chi connectivity index (χ0) is 18.4. The first-order valence-corrected chi connectivity index (χ1v) is 9.46. The summed E-state index contributed by atoms with van der Waals surface area (Å²) in [6.45, 7) is 3.29. The maximum absolute atomic E-state index is 12.8. The molecule has 4 aromatic rings. The smallest absolute Gasteiger partial charge is 0.251 e. The standard InChI is InChI=1S/C23H21N3O/c1-15-25-20-7-2-3-8-21(20)26(15)14-13-24-23(27)19-12-11-17-10-9-16-5-4-6-18(19)22(16)17/h2-8,11-12H,9-10,13-14H2,1H3,(H,24,27). The van der Waals surface area contributed by atoms with Gasteiger partial charge in [-0.15, -0.1) is 0 Å². The minimum absolute atomic E-state index is 0.00678. The fraction of sp³-hybridized carbons (Fsp3) is 0.217. The Balaban J connectivity index is 1.37. The lowest BCUT2D eigenvalue weighted by molar-refractivity contribution is 0.0954. The maximum atomic E-state index is 12.8. The summed E-state index contributed by atoms with van der Waals surface area (Å²) in [4.78, 5) is 17.4. The molecule has 4 heteroatoms. The van der Waals surface area contributed by atoms with Gasteiger partial charge in [0.1, 0.15) is 5.82 Å². The van der Waals surface area contributed by atoms with Crippen molar-refractivity contribution in [3.63, 3.8) is 0 Å². The van der Waals surface area contributed by atoms with Crippen molar-refractivity contribution >= 4 is 27.7 Å². The Kier molecular flexibility index (Phi) is 3.71. The lowest BCUT2D eigenvalue weighted by atomic mass is 9.99. The molecule has 134 valence electrons. The summed E-state index contributed by atoms with van der Waals surface area (Å²) >= 11 is 0. The molecule has 1 heterocycles. The average Bonchev–Trinajstić information content (AvgIpc) is 3.24. The molecule has 0 spiro atoms. The second-order valence-electron chi connectivity index (χ2n) is 7.17. The molecule has 0 aliphatic heterocycles. The number of fused-ring (bicyclic) bond motifs is 1. The molecule has 5 rings (SSSR count). The highest BCUT2D eigenvalue weighted by molar-refractivity contribution is 6.09. The summed E-state index contributed by atoms with van der Waals surface area (Å²) in [6, 6.07) is 18.5. The number of imidazole rings is 1. The first kappa shape index (κ1) is 16.1. The molecule has 1 amide bonds. The first-order valence-electron chi connectivity index (χ1n) is 9.46. The largest absolute Gasteiger partial charge is 0.350 e. The number of hydrogen-bond donors (Lipinski definition) is 1. The molecule has 0 radical (unpaired) electrons. The average molecular weight is 355 g/mol. The number of rotatable bonds is 4. The van der Waals surface area contributed by atoms with Crippen LogP contribution in [0.15, 0.2) is 54.6 Å². The van der Waals surface area contributed by atoms with E-state index in [2.05, 4.69) is 45.2 Å². The minimum atomic E-state index is -0.00678. The lowest BCUT2D eigenvalue weighted by Crippen LogP contribution is -2.27. The van der Waals surface area contributed by atoms with Crippen molar-refractivity contribution in [3.8, 4) is 0 Å². The van der Waals surface area contributed by atoms with E-state index in [1.54, 1.807) is 0 Å². The van der Waals surface area contributed by atoms with Crippen molar-refractivity contribution in [2.24, 2.45) is 0 Å². The van der Waals surface area contributed by atoms with E-state index in [0.29, 0.717) is 13.1 Å². The monoisotopic (exact) mass is 355 g/mol. The molecule has 1 N–H and O–H groups in total. The van der Waals surface area contributed by atoms with E-state index in [1.165, 1.54) is 16.5 Å². The van der Waals surface area contributed by atoms with Crippen LogP contribution in [0.4, 0.5) is 0 Å². The number of nitrogens with zero attached hydrogens (tertiary/aromatic N) is 2. The van der Waals surface area contributed by atoms with Gasteiger partial charge < -0.3 is 9.88 Å². The molecular formula is C23H21N3O. The van der Waals surface area contributed by atoms with Gasteiger partial charge in [0.05, 0.1) is 11.0 Å². The van der Waals surface area contributed by atoms with Crippen molar-refractivity contribution in [1.82, 2.24) is 14.9 Å². The SMILES string of the molecule is Cc1nc2ccccc2n1CCNC(=O)c1ccc2c3c(cccc13)CC2. The molecule has 3 aromatic carbocycles. The van der Waals surface area contributed by atoms with Crippen molar-refractivity contribution < 1.29 is 4.79 Å². The number of para-hydroxylation sites is 2. The third-order valence-corrected chi connectivity index (χ3v) is 5.59. The summed E-state index contributed by atoms with van der Waals surface area (Å²) in [5.41, 5.74) is 5.59. The van der Waals surface area contributed by atoms with Crippen LogP contribution >= 0.6 is 0 Å². The van der Waals surface area contributed by atoms with Crippen LogP contribution < -0.4 is 5.32 Å². The lowest BCUT2D eigenvalue weighted by Gasteiger charge is -2.11. The Morgan fingerprint density at radius 3 is 2.74 bits per heavy atom. The van der Waals surface area contributed by atoms with E-state index in [1.807, 2.05) is 31.2 Å². The van der Waals surface area contributed by atoms with Crippen LogP contribution in [0.5, 0.6) is 0 Å². The maximum Gasteiger partial charge on any atom is 0.251 e. The topological polar surface area (TPSA) is 46.9 Å². The van der Waals surface area contributed by atoms with E-state index >= 15 is 0 Å². The van der Waals surface area contributed by atoms with Gasteiger partial charge in [0.25, 0.3) is 5.91 Å². The van der Waals surface area contributed by atoms with Crippen molar-refractivity contribution in [1.29, 1.82) is 0 Å². The third-order valence-electron chi connectivity index (χ3n) is 5.59. The summed E-state index contributed by atoms with van der Waals surface area (Å²) in [5.74, 6) is 0.962. The molecule has 1 aliphatic rings. The van der Waals surface area contributed by atoms with Gasteiger partial charge in [-0.05, 0) is 59.9 Å². The Labute approximate surface area is 157 Å². The van der Waals surface area contributed by atoms with Gasteiger partial charge in [-0.25, -0.2) is 4.98 Å². The number of aryl methyl sites for hydroxylation is 3. The van der Waals surface area contributed by atoms with E-state index in [9.17, 15) is 4.79 Å². The second-order valence-corrected chi connectivity index (χ2v) is 7.17. The summed E-state index contributed by atoms with van der Waals surface area (Å²) in [6.07, 6.45) is 2.15. The highest BCUT2D eigenvalue weighted by atomic mass is 16.1. The zero-order valence-corrected chi connectivity index (χ0v) is 15.3. The quantitative estimate of drug-likeness (QED) is 0.601. The third kappa shape index (κ3) is 2.60. The number of benzene rings is 3. The fourth-order valence-corrected chi connectivity index (χ4v) is 4.30. The minimum Gasteiger partial charge on any atom is -0.350 e. The van der Waals surface area contributed by atoms with Crippen molar-refractivity contribution in [2.45, 2.75) is 26.3 Å². The van der Waals surface area contributed by atoms with Gasteiger partial charge in [-0.1, -0.05) is 36.4 Å². The fourth-order valence-electron chi connectivity index (χ4n) is 4.30. The Bertz CT molecular complexity index is 1180. The predicted octanol–water partition coefficient (Wildman–Crippen LogP) is 4.03. The van der Waals surface area contributed by atoms with Crippen LogP contribution in [-0.2, 0) is 19.4 Å². The van der Waals surface area contributed by atoms with E-state index in [-0.39, 0.29) is 5.91 Å². The number of carbonyl (C=O) groups excluding carboxylic acids is 1. The van der Waals surface area contributed by atoms with E-state index < -0.39 is 0 Å². The molecule has 0 saturated carbocycles. The van der Waals surface area contributed by atoms with Crippen LogP contribution in [-0.4, -0.2) is 22.0 Å². The molecule has 1 aliphatic carbocycles. The summed E-state index contributed by atoms with van der Waals surface area (Å²) in [5, 5.41) is 5.45. The van der Waals surface area contributed by atoms with Crippen LogP contribution in [0, 0.1) is 6.92 Å². The van der Waals surface area contributed by atoms with Crippen LogP contribution in [0.2, 0.25) is 0 Å². The number of amides is 1. The number of carbonyl (C=O) groups is 1. The molecule has 1 aromatic heterocycles.